The molecule has 0 spiro atoms. The molecule has 4 heteroatoms. The second-order valence-electron chi connectivity index (χ2n) is 5.14. The number of benzene rings is 1. The van der Waals surface area contributed by atoms with E-state index in [1.54, 1.807) is 12.1 Å². The van der Waals surface area contributed by atoms with Crippen LogP contribution in [0, 0.1) is 5.92 Å². The highest BCUT2D eigenvalue weighted by molar-refractivity contribution is 6.34. The van der Waals surface area contributed by atoms with E-state index in [1.807, 2.05) is 0 Å². The van der Waals surface area contributed by atoms with E-state index in [0.29, 0.717) is 29.3 Å². The Morgan fingerprint density at radius 1 is 1.39 bits per heavy atom. The van der Waals surface area contributed by atoms with Gasteiger partial charge in [0.1, 0.15) is 0 Å². The van der Waals surface area contributed by atoms with Gasteiger partial charge in [-0.25, -0.2) is 0 Å². The molecule has 1 aliphatic carbocycles. The van der Waals surface area contributed by atoms with Crippen LogP contribution in [0.15, 0.2) is 12.1 Å². The lowest BCUT2D eigenvalue weighted by Gasteiger charge is -2.24. The molecule has 18 heavy (non-hydrogen) atoms. The number of carbonyl (C=O) groups is 2. The van der Waals surface area contributed by atoms with Crippen molar-refractivity contribution in [1.29, 1.82) is 0 Å². The molecular weight excluding hydrogens is 250 g/mol. The number of anilines is 1. The monoisotopic (exact) mass is 263 g/mol. The molecule has 1 aromatic carbocycles. The molecule has 0 unspecified atom stereocenters. The van der Waals surface area contributed by atoms with Crippen molar-refractivity contribution in [1.82, 2.24) is 0 Å². The standard InChI is InChI=1S/C14H14ClNO2/c15-11-7-12-9(6-14(18)16-12)5-10(11)13(17)4-8-2-1-3-8/h5,7-8H,1-4,6H2,(H,16,18). The van der Waals surface area contributed by atoms with Crippen molar-refractivity contribution < 1.29 is 9.59 Å². The summed E-state index contributed by atoms with van der Waals surface area (Å²) in [5.74, 6) is 0.595. The SMILES string of the molecule is O=C1Cc2cc(C(=O)CC3CCC3)c(Cl)cc2N1. The number of Topliss-reactive ketones (excluding diaryl/α,β-unsaturated/α-hetero) is 1. The van der Waals surface area contributed by atoms with E-state index in [9.17, 15) is 9.59 Å². The van der Waals surface area contributed by atoms with E-state index in [-0.39, 0.29) is 11.7 Å². The van der Waals surface area contributed by atoms with Gasteiger partial charge in [0.15, 0.2) is 5.78 Å². The van der Waals surface area contributed by atoms with Crippen LogP contribution in [0.5, 0.6) is 0 Å². The molecule has 1 aromatic rings. The molecule has 0 radical (unpaired) electrons. The highest BCUT2D eigenvalue weighted by atomic mass is 35.5. The Morgan fingerprint density at radius 3 is 2.83 bits per heavy atom. The molecule has 2 aliphatic rings. The zero-order valence-electron chi connectivity index (χ0n) is 9.96. The molecule has 0 saturated heterocycles. The Bertz CT molecular complexity index is 535. The topological polar surface area (TPSA) is 46.2 Å². The Hall–Kier alpha value is -1.35. The number of ketones is 1. The van der Waals surface area contributed by atoms with Crippen molar-refractivity contribution in [3.8, 4) is 0 Å². The third-order valence-corrected chi connectivity index (χ3v) is 4.13. The fourth-order valence-corrected chi connectivity index (χ4v) is 2.80. The lowest BCUT2D eigenvalue weighted by Crippen LogP contribution is -2.16. The van der Waals surface area contributed by atoms with Gasteiger partial charge in [-0.3, -0.25) is 9.59 Å². The number of hydrogen-bond donors (Lipinski definition) is 1. The van der Waals surface area contributed by atoms with Crippen LogP contribution in [0.3, 0.4) is 0 Å². The number of carbonyl (C=O) groups excluding carboxylic acids is 2. The Balaban J connectivity index is 1.85. The van der Waals surface area contributed by atoms with E-state index in [0.717, 1.165) is 24.1 Å². The van der Waals surface area contributed by atoms with Gasteiger partial charge in [-0.05, 0) is 23.6 Å². The van der Waals surface area contributed by atoms with Crippen LogP contribution in [-0.4, -0.2) is 11.7 Å². The molecule has 3 rings (SSSR count). The first-order valence-corrected chi connectivity index (χ1v) is 6.67. The summed E-state index contributed by atoms with van der Waals surface area (Å²) in [5.41, 5.74) is 2.19. The van der Waals surface area contributed by atoms with E-state index in [2.05, 4.69) is 5.32 Å². The van der Waals surface area contributed by atoms with Crippen LogP contribution in [0.4, 0.5) is 5.69 Å². The van der Waals surface area contributed by atoms with Crippen LogP contribution in [0.1, 0.15) is 41.6 Å². The van der Waals surface area contributed by atoms with Crippen molar-refractivity contribution in [2.45, 2.75) is 32.1 Å². The third-order valence-electron chi connectivity index (χ3n) is 3.82. The van der Waals surface area contributed by atoms with Gasteiger partial charge in [-0.15, -0.1) is 0 Å². The zero-order chi connectivity index (χ0) is 12.7. The first-order valence-electron chi connectivity index (χ1n) is 6.29. The summed E-state index contributed by atoms with van der Waals surface area (Å²) in [5, 5.41) is 3.18. The van der Waals surface area contributed by atoms with Crippen LogP contribution in [-0.2, 0) is 11.2 Å². The van der Waals surface area contributed by atoms with Gasteiger partial charge >= 0.3 is 0 Å². The smallest absolute Gasteiger partial charge is 0.228 e. The molecular formula is C14H14ClNO2. The highest BCUT2D eigenvalue weighted by Gasteiger charge is 2.25. The molecule has 1 fully saturated rings. The molecule has 0 bridgehead atoms. The maximum Gasteiger partial charge on any atom is 0.228 e. The van der Waals surface area contributed by atoms with Gasteiger partial charge < -0.3 is 5.32 Å². The van der Waals surface area contributed by atoms with E-state index >= 15 is 0 Å². The minimum absolute atomic E-state index is 0.0374. The van der Waals surface area contributed by atoms with E-state index in [1.165, 1.54) is 6.42 Å². The fourth-order valence-electron chi connectivity index (χ4n) is 2.53. The van der Waals surface area contributed by atoms with Crippen molar-refractivity contribution >= 4 is 29.0 Å². The lowest BCUT2D eigenvalue weighted by atomic mass is 9.81. The number of amides is 1. The lowest BCUT2D eigenvalue weighted by molar-refractivity contribution is -0.115. The summed E-state index contributed by atoms with van der Waals surface area (Å²) >= 11 is 6.12. The first kappa shape index (κ1) is 11.7. The van der Waals surface area contributed by atoms with Gasteiger partial charge in [0.25, 0.3) is 0 Å². The van der Waals surface area contributed by atoms with Gasteiger partial charge in [-0.2, -0.15) is 0 Å². The van der Waals surface area contributed by atoms with Crippen LogP contribution in [0.2, 0.25) is 5.02 Å². The minimum atomic E-state index is -0.0374. The first-order chi connectivity index (χ1) is 8.63. The maximum atomic E-state index is 12.2. The predicted octanol–water partition coefficient (Wildman–Crippen LogP) is 3.21. The zero-order valence-corrected chi connectivity index (χ0v) is 10.7. The van der Waals surface area contributed by atoms with Crippen molar-refractivity contribution in [2.24, 2.45) is 5.92 Å². The summed E-state index contributed by atoms with van der Waals surface area (Å²) in [6.45, 7) is 0. The molecule has 1 amide bonds. The van der Waals surface area contributed by atoms with Crippen LogP contribution < -0.4 is 5.32 Å². The molecule has 0 atom stereocenters. The summed E-state index contributed by atoms with van der Waals surface area (Å²) in [4.78, 5) is 23.4. The van der Waals surface area contributed by atoms with Crippen molar-refractivity contribution in [3.05, 3.63) is 28.3 Å². The summed E-state index contributed by atoms with van der Waals surface area (Å²) in [6.07, 6.45) is 4.45. The molecule has 0 aromatic heterocycles. The summed E-state index contributed by atoms with van der Waals surface area (Å²) in [6, 6.07) is 3.46. The highest BCUT2D eigenvalue weighted by Crippen LogP contribution is 2.34. The van der Waals surface area contributed by atoms with Crippen molar-refractivity contribution in [2.75, 3.05) is 5.32 Å². The molecule has 1 saturated carbocycles. The Labute approximate surface area is 111 Å². The van der Waals surface area contributed by atoms with Crippen LogP contribution in [0.25, 0.3) is 0 Å². The third kappa shape index (κ3) is 2.03. The molecule has 1 N–H and O–H groups in total. The number of nitrogens with one attached hydrogen (secondary N) is 1. The molecule has 1 heterocycles. The second kappa shape index (κ2) is 4.39. The van der Waals surface area contributed by atoms with Gasteiger partial charge in [0, 0.05) is 17.7 Å². The summed E-state index contributed by atoms with van der Waals surface area (Å²) < 4.78 is 0. The quantitative estimate of drug-likeness (QED) is 0.851. The largest absolute Gasteiger partial charge is 0.325 e. The Morgan fingerprint density at radius 2 is 2.17 bits per heavy atom. The fraction of sp³-hybridized carbons (Fsp3) is 0.429. The number of hydrogen-bond acceptors (Lipinski definition) is 2. The molecule has 3 nitrogen and oxygen atoms in total. The number of halogens is 1. The minimum Gasteiger partial charge on any atom is -0.325 e. The number of rotatable bonds is 3. The average Bonchev–Trinajstić information content (AvgIpc) is 2.61. The maximum absolute atomic E-state index is 12.2. The summed E-state index contributed by atoms with van der Waals surface area (Å²) in [7, 11) is 0. The second-order valence-corrected chi connectivity index (χ2v) is 5.55. The van der Waals surface area contributed by atoms with Crippen molar-refractivity contribution in [3.63, 3.8) is 0 Å². The predicted molar refractivity (Wildman–Crippen MR) is 70.1 cm³/mol. The van der Waals surface area contributed by atoms with Gasteiger partial charge in [-0.1, -0.05) is 30.9 Å². The Kier molecular flexibility index (Phi) is 2.86. The average molecular weight is 264 g/mol. The molecule has 94 valence electrons. The normalized spacial score (nSPS) is 18.2. The van der Waals surface area contributed by atoms with E-state index in [4.69, 9.17) is 11.6 Å². The molecule has 1 aliphatic heterocycles. The van der Waals surface area contributed by atoms with Gasteiger partial charge in [0.05, 0.1) is 11.4 Å². The van der Waals surface area contributed by atoms with E-state index < -0.39 is 0 Å². The number of fused-ring (bicyclic) bond motifs is 1. The van der Waals surface area contributed by atoms with Crippen LogP contribution >= 0.6 is 11.6 Å². The van der Waals surface area contributed by atoms with Gasteiger partial charge in [0.2, 0.25) is 5.91 Å².